The van der Waals surface area contributed by atoms with Crippen molar-refractivity contribution in [3.05, 3.63) is 29.8 Å². The second kappa shape index (κ2) is 7.61. The maximum Gasteiger partial charge on any atom is 0.335 e. The minimum absolute atomic E-state index is 0.105. The average Bonchev–Trinajstić information content (AvgIpc) is 2.74. The molecule has 1 saturated heterocycles. The van der Waals surface area contributed by atoms with E-state index in [0.717, 1.165) is 15.4 Å². The summed E-state index contributed by atoms with van der Waals surface area (Å²) in [5, 5.41) is 0. The number of hydrogen-bond donors (Lipinski definition) is 0. The number of hydrogen-bond acceptors (Lipinski definition) is 5. The molecule has 0 spiro atoms. The van der Waals surface area contributed by atoms with E-state index >= 15 is 0 Å². The zero-order chi connectivity index (χ0) is 17.0. The summed E-state index contributed by atoms with van der Waals surface area (Å²) >= 11 is 1.67. The van der Waals surface area contributed by atoms with Crippen LogP contribution in [0, 0.1) is 0 Å². The number of thioether (sulfide) groups is 1. The average molecular weight is 335 g/mol. The summed E-state index contributed by atoms with van der Waals surface area (Å²) in [7, 11) is 1.82. The molecule has 4 amide bonds. The Kier molecular flexibility index (Phi) is 5.79. The summed E-state index contributed by atoms with van der Waals surface area (Å²) in [5.74, 6) is -1.47. The minimum Gasteiger partial charge on any atom is -0.284 e. The van der Waals surface area contributed by atoms with Gasteiger partial charge in [0.05, 0.1) is 6.67 Å². The molecule has 0 unspecified atom stereocenters. The van der Waals surface area contributed by atoms with Crippen molar-refractivity contribution in [1.29, 1.82) is 0 Å². The normalized spacial score (nSPS) is 15.2. The van der Waals surface area contributed by atoms with Gasteiger partial charge in [-0.3, -0.25) is 19.4 Å². The Morgan fingerprint density at radius 1 is 1.04 bits per heavy atom. The van der Waals surface area contributed by atoms with Crippen LogP contribution in [-0.2, 0) is 16.1 Å². The molecule has 1 aromatic carbocycles. The summed E-state index contributed by atoms with van der Waals surface area (Å²) in [6, 6.07) is 7.58. The lowest BCUT2D eigenvalue weighted by Crippen LogP contribution is -2.40. The lowest BCUT2D eigenvalue weighted by atomic mass is 10.2. The van der Waals surface area contributed by atoms with Crippen LogP contribution in [0.15, 0.2) is 29.2 Å². The molecule has 7 heteroatoms. The van der Waals surface area contributed by atoms with Crippen LogP contribution in [-0.4, -0.2) is 59.1 Å². The predicted octanol–water partition coefficient (Wildman–Crippen LogP) is 2.00. The van der Waals surface area contributed by atoms with E-state index in [-0.39, 0.29) is 13.2 Å². The molecule has 0 N–H and O–H groups in total. The van der Waals surface area contributed by atoms with Crippen molar-refractivity contribution >= 4 is 29.6 Å². The fourth-order valence-corrected chi connectivity index (χ4v) is 2.84. The monoisotopic (exact) mass is 335 g/mol. The molecule has 1 heterocycles. The first-order valence-electron chi connectivity index (χ1n) is 7.46. The van der Waals surface area contributed by atoms with Gasteiger partial charge in [-0.15, -0.1) is 11.8 Å². The van der Waals surface area contributed by atoms with Crippen LogP contribution >= 0.6 is 11.8 Å². The van der Waals surface area contributed by atoms with E-state index in [4.69, 9.17) is 0 Å². The van der Waals surface area contributed by atoms with Crippen LogP contribution in [0.5, 0.6) is 0 Å². The quantitative estimate of drug-likeness (QED) is 0.433. The SMILES string of the molecule is CCCN1C(=O)C(=O)N(CN(C)Cc2ccc(SC)cc2)C1=O. The van der Waals surface area contributed by atoms with Gasteiger partial charge in [-0.05, 0) is 37.4 Å². The highest BCUT2D eigenvalue weighted by molar-refractivity contribution is 7.98. The van der Waals surface area contributed by atoms with Crippen molar-refractivity contribution in [2.45, 2.75) is 24.8 Å². The van der Waals surface area contributed by atoms with Gasteiger partial charge >= 0.3 is 17.8 Å². The molecule has 0 atom stereocenters. The summed E-state index contributed by atoms with van der Waals surface area (Å²) in [6.45, 7) is 2.83. The molecule has 6 nitrogen and oxygen atoms in total. The molecule has 1 aliphatic rings. The van der Waals surface area contributed by atoms with Crippen LogP contribution < -0.4 is 0 Å². The highest BCUT2D eigenvalue weighted by Gasteiger charge is 2.44. The Balaban J connectivity index is 1.98. The van der Waals surface area contributed by atoms with Crippen LogP contribution in [0.2, 0.25) is 0 Å². The molecular formula is C16H21N3O3S. The maximum absolute atomic E-state index is 12.2. The van der Waals surface area contributed by atoms with E-state index in [2.05, 4.69) is 0 Å². The van der Waals surface area contributed by atoms with Gasteiger partial charge in [0.25, 0.3) is 0 Å². The minimum atomic E-state index is -0.743. The highest BCUT2D eigenvalue weighted by atomic mass is 32.2. The molecule has 0 bridgehead atoms. The number of urea groups is 1. The topological polar surface area (TPSA) is 60.9 Å². The third-order valence-corrected chi connectivity index (χ3v) is 4.32. The third kappa shape index (κ3) is 3.92. The van der Waals surface area contributed by atoms with E-state index in [1.807, 2.05) is 49.4 Å². The Hall–Kier alpha value is -1.86. The molecule has 0 radical (unpaired) electrons. The Morgan fingerprint density at radius 3 is 2.22 bits per heavy atom. The van der Waals surface area contributed by atoms with Crippen LogP contribution in [0.4, 0.5) is 4.79 Å². The van der Waals surface area contributed by atoms with Crippen molar-refractivity contribution < 1.29 is 14.4 Å². The molecular weight excluding hydrogens is 314 g/mol. The van der Waals surface area contributed by atoms with Gasteiger partial charge in [-0.25, -0.2) is 9.69 Å². The lowest BCUT2D eigenvalue weighted by Gasteiger charge is -2.22. The molecule has 23 heavy (non-hydrogen) atoms. The molecule has 1 aliphatic heterocycles. The van der Waals surface area contributed by atoms with E-state index in [1.165, 1.54) is 4.90 Å². The second-order valence-corrected chi connectivity index (χ2v) is 6.36. The number of carbonyl (C=O) groups is 3. The van der Waals surface area contributed by atoms with Gasteiger partial charge in [0, 0.05) is 18.0 Å². The van der Waals surface area contributed by atoms with Crippen LogP contribution in [0.25, 0.3) is 0 Å². The van der Waals surface area contributed by atoms with E-state index in [1.54, 1.807) is 11.8 Å². The Bertz CT molecular complexity index is 603. The van der Waals surface area contributed by atoms with Gasteiger partial charge in [-0.2, -0.15) is 0 Å². The number of benzene rings is 1. The fourth-order valence-electron chi connectivity index (χ4n) is 2.43. The number of amides is 4. The molecule has 0 aliphatic carbocycles. The van der Waals surface area contributed by atoms with Crippen molar-refractivity contribution in [2.75, 3.05) is 26.5 Å². The zero-order valence-electron chi connectivity index (χ0n) is 13.6. The van der Waals surface area contributed by atoms with E-state index < -0.39 is 17.8 Å². The van der Waals surface area contributed by atoms with Crippen LogP contribution in [0.1, 0.15) is 18.9 Å². The maximum atomic E-state index is 12.2. The van der Waals surface area contributed by atoms with Gasteiger partial charge in [0.2, 0.25) is 0 Å². The molecule has 1 fully saturated rings. The van der Waals surface area contributed by atoms with Gasteiger partial charge < -0.3 is 0 Å². The van der Waals surface area contributed by atoms with Crippen molar-refractivity contribution in [3.63, 3.8) is 0 Å². The van der Waals surface area contributed by atoms with Crippen molar-refractivity contribution in [1.82, 2.24) is 14.7 Å². The first kappa shape index (κ1) is 17.5. The van der Waals surface area contributed by atoms with E-state index in [0.29, 0.717) is 13.0 Å². The molecule has 2 rings (SSSR count). The molecule has 0 saturated carbocycles. The fraction of sp³-hybridized carbons (Fsp3) is 0.438. The molecule has 1 aromatic rings. The third-order valence-electron chi connectivity index (χ3n) is 3.58. The van der Waals surface area contributed by atoms with Crippen molar-refractivity contribution in [2.24, 2.45) is 0 Å². The molecule has 0 aromatic heterocycles. The van der Waals surface area contributed by atoms with Gasteiger partial charge in [0.15, 0.2) is 0 Å². The zero-order valence-corrected chi connectivity index (χ0v) is 14.4. The molecule has 124 valence electrons. The Morgan fingerprint density at radius 2 is 1.65 bits per heavy atom. The number of carbonyl (C=O) groups excluding carboxylic acids is 3. The number of nitrogens with zero attached hydrogens (tertiary/aromatic N) is 3. The Labute approximate surface area is 140 Å². The number of imide groups is 2. The van der Waals surface area contributed by atoms with Crippen molar-refractivity contribution in [3.8, 4) is 0 Å². The first-order valence-corrected chi connectivity index (χ1v) is 8.69. The van der Waals surface area contributed by atoms with Gasteiger partial charge in [-0.1, -0.05) is 19.1 Å². The lowest BCUT2D eigenvalue weighted by molar-refractivity contribution is -0.143. The first-order chi connectivity index (χ1) is 11.0. The summed E-state index contributed by atoms with van der Waals surface area (Å²) < 4.78 is 0. The smallest absolute Gasteiger partial charge is 0.284 e. The second-order valence-electron chi connectivity index (χ2n) is 5.48. The van der Waals surface area contributed by atoms with Crippen LogP contribution in [0.3, 0.4) is 0 Å². The largest absolute Gasteiger partial charge is 0.335 e. The predicted molar refractivity (Wildman–Crippen MR) is 88.8 cm³/mol. The number of rotatable bonds is 7. The highest BCUT2D eigenvalue weighted by Crippen LogP contribution is 2.17. The summed E-state index contributed by atoms with van der Waals surface area (Å²) in [6.07, 6.45) is 2.65. The standard InChI is InChI=1S/C16H21N3O3S/c1-4-9-18-14(20)15(21)19(16(18)22)11-17(2)10-12-5-7-13(23-3)8-6-12/h5-8H,4,9-11H2,1-3H3. The van der Waals surface area contributed by atoms with E-state index in [9.17, 15) is 14.4 Å². The van der Waals surface area contributed by atoms with Gasteiger partial charge in [0.1, 0.15) is 0 Å². The summed E-state index contributed by atoms with van der Waals surface area (Å²) in [4.78, 5) is 41.0. The summed E-state index contributed by atoms with van der Waals surface area (Å²) in [5.41, 5.74) is 1.08.